The fraction of sp³-hybridized carbons (Fsp3) is 0.0625. The zero-order valence-electron chi connectivity index (χ0n) is 11.9. The fourth-order valence-electron chi connectivity index (χ4n) is 2.15. The molecule has 0 fully saturated rings. The monoisotopic (exact) mass is 349 g/mol. The van der Waals surface area contributed by atoms with Gasteiger partial charge in [0.05, 0.1) is 11.1 Å². The quantitative estimate of drug-likeness (QED) is 0.743. The Bertz CT molecular complexity index is 856. The van der Waals surface area contributed by atoms with E-state index in [0.717, 1.165) is 10.9 Å². The van der Waals surface area contributed by atoms with Crippen molar-refractivity contribution in [1.82, 2.24) is 9.97 Å². The molecule has 0 bridgehead atoms. The lowest BCUT2D eigenvalue weighted by Crippen LogP contribution is -2.04. The molecule has 3 rings (SSSR count). The molecular weight excluding hydrogens is 337 g/mol. The summed E-state index contributed by atoms with van der Waals surface area (Å²) in [7, 11) is 0. The van der Waals surface area contributed by atoms with Gasteiger partial charge in [-0.05, 0) is 29.8 Å². The summed E-state index contributed by atoms with van der Waals surface area (Å²) in [5.74, 6) is -0.340. The normalized spacial score (nSPS) is 10.1. The number of halogens is 2. The van der Waals surface area contributed by atoms with E-state index in [1.165, 1.54) is 18.5 Å². The first-order chi connectivity index (χ1) is 10.6. The van der Waals surface area contributed by atoms with Gasteiger partial charge in [0, 0.05) is 17.0 Å². The molecule has 7 heteroatoms. The molecule has 0 atom stereocenters. The number of aromatic carboxylic acids is 1. The molecule has 2 aromatic carbocycles. The number of nitrogens with zero attached hydrogens (tertiary/aromatic N) is 2. The summed E-state index contributed by atoms with van der Waals surface area (Å²) in [6.45, 7) is 0.520. The van der Waals surface area contributed by atoms with Crippen LogP contribution < -0.4 is 5.32 Å². The molecule has 118 valence electrons. The van der Waals surface area contributed by atoms with Crippen molar-refractivity contribution in [2.45, 2.75) is 6.54 Å². The van der Waals surface area contributed by atoms with Crippen LogP contribution >= 0.6 is 24.0 Å². The molecule has 5 nitrogen and oxygen atoms in total. The number of anilines is 1. The number of carboxylic acid groups (broad SMARTS) is 1. The van der Waals surface area contributed by atoms with Gasteiger partial charge in [0.25, 0.3) is 0 Å². The zero-order chi connectivity index (χ0) is 15.5. The van der Waals surface area contributed by atoms with E-state index in [1.807, 2.05) is 24.3 Å². The number of rotatable bonds is 4. The van der Waals surface area contributed by atoms with Crippen molar-refractivity contribution in [2.75, 3.05) is 5.32 Å². The largest absolute Gasteiger partial charge is 0.478 e. The van der Waals surface area contributed by atoms with Crippen molar-refractivity contribution in [3.05, 3.63) is 64.9 Å². The third kappa shape index (κ3) is 3.70. The fourth-order valence-corrected chi connectivity index (χ4v) is 2.35. The van der Waals surface area contributed by atoms with Crippen LogP contribution in [0.25, 0.3) is 10.9 Å². The number of aromatic nitrogens is 2. The highest BCUT2D eigenvalue weighted by Gasteiger charge is 2.08. The van der Waals surface area contributed by atoms with Crippen LogP contribution in [-0.2, 0) is 6.54 Å². The Balaban J connectivity index is 0.00000192. The molecule has 0 aliphatic heterocycles. The van der Waals surface area contributed by atoms with Crippen LogP contribution in [0.15, 0.2) is 48.8 Å². The van der Waals surface area contributed by atoms with Crippen molar-refractivity contribution >= 4 is 46.7 Å². The third-order valence-electron chi connectivity index (χ3n) is 3.29. The summed E-state index contributed by atoms with van der Waals surface area (Å²) < 4.78 is 0. The van der Waals surface area contributed by atoms with E-state index in [4.69, 9.17) is 16.7 Å². The average Bonchev–Trinajstić information content (AvgIpc) is 2.53. The first-order valence-corrected chi connectivity index (χ1v) is 6.98. The summed E-state index contributed by atoms with van der Waals surface area (Å²) in [6.07, 6.45) is 1.41. The lowest BCUT2D eigenvalue weighted by atomic mass is 10.1. The second-order valence-corrected chi connectivity index (χ2v) is 5.11. The Kier molecular flexibility index (Phi) is 5.36. The van der Waals surface area contributed by atoms with Crippen LogP contribution in [-0.4, -0.2) is 21.0 Å². The molecule has 0 aliphatic carbocycles. The Morgan fingerprint density at radius 2 is 1.96 bits per heavy atom. The van der Waals surface area contributed by atoms with Gasteiger partial charge >= 0.3 is 5.97 Å². The summed E-state index contributed by atoms with van der Waals surface area (Å²) >= 11 is 6.13. The number of hydrogen-bond acceptors (Lipinski definition) is 4. The van der Waals surface area contributed by atoms with Crippen LogP contribution in [0.4, 0.5) is 5.82 Å². The molecule has 0 amide bonds. The summed E-state index contributed by atoms with van der Waals surface area (Å²) in [5, 5.41) is 13.7. The summed E-state index contributed by atoms with van der Waals surface area (Å²) in [6, 6.07) is 12.3. The molecule has 2 N–H and O–H groups in total. The second-order valence-electron chi connectivity index (χ2n) is 4.70. The lowest BCUT2D eigenvalue weighted by Gasteiger charge is -2.09. The van der Waals surface area contributed by atoms with Gasteiger partial charge in [0.15, 0.2) is 0 Å². The Labute approximate surface area is 143 Å². The molecule has 1 aromatic heterocycles. The van der Waals surface area contributed by atoms with E-state index in [-0.39, 0.29) is 18.0 Å². The Morgan fingerprint density at radius 3 is 2.70 bits per heavy atom. The molecule has 0 spiro atoms. The highest BCUT2D eigenvalue weighted by Crippen LogP contribution is 2.22. The molecular formula is C16H13Cl2N3O2. The summed E-state index contributed by atoms with van der Waals surface area (Å²) in [5.41, 5.74) is 1.73. The maximum absolute atomic E-state index is 11.0. The second kappa shape index (κ2) is 7.26. The van der Waals surface area contributed by atoms with Crippen LogP contribution in [0.1, 0.15) is 15.9 Å². The predicted molar refractivity (Wildman–Crippen MR) is 92.5 cm³/mol. The van der Waals surface area contributed by atoms with Crippen LogP contribution in [0.3, 0.4) is 0 Å². The molecule has 1 heterocycles. The Hall–Kier alpha value is -2.37. The standard InChI is InChI=1S/C16H12ClN3O2.ClH/c17-13-4-2-1-3-11(13)8-18-15-12-6-5-10(16(21)22)7-14(12)19-9-20-15;/h1-7,9H,8H2,(H,21,22)(H,18,19,20);1H. The molecule has 0 radical (unpaired) electrons. The smallest absolute Gasteiger partial charge is 0.335 e. The van der Waals surface area contributed by atoms with Gasteiger partial charge in [0.1, 0.15) is 12.1 Å². The van der Waals surface area contributed by atoms with E-state index in [9.17, 15) is 4.79 Å². The van der Waals surface area contributed by atoms with E-state index in [1.54, 1.807) is 6.07 Å². The molecule has 0 saturated carbocycles. The van der Waals surface area contributed by atoms with Crippen LogP contribution in [0, 0.1) is 0 Å². The van der Waals surface area contributed by atoms with Gasteiger partial charge in [-0.15, -0.1) is 12.4 Å². The maximum atomic E-state index is 11.0. The highest BCUT2D eigenvalue weighted by molar-refractivity contribution is 6.31. The lowest BCUT2D eigenvalue weighted by molar-refractivity contribution is 0.0697. The van der Waals surface area contributed by atoms with Gasteiger partial charge in [-0.1, -0.05) is 29.8 Å². The number of nitrogens with one attached hydrogen (secondary N) is 1. The molecule has 0 saturated heterocycles. The van der Waals surface area contributed by atoms with Gasteiger partial charge < -0.3 is 10.4 Å². The number of carboxylic acids is 1. The summed E-state index contributed by atoms with van der Waals surface area (Å²) in [4.78, 5) is 19.3. The van der Waals surface area contributed by atoms with E-state index < -0.39 is 5.97 Å². The molecule has 0 unspecified atom stereocenters. The molecule has 0 aliphatic rings. The van der Waals surface area contributed by atoms with Crippen molar-refractivity contribution in [3.63, 3.8) is 0 Å². The van der Waals surface area contributed by atoms with Gasteiger partial charge in [-0.25, -0.2) is 14.8 Å². The number of benzene rings is 2. The van der Waals surface area contributed by atoms with Crippen LogP contribution in [0.5, 0.6) is 0 Å². The van der Waals surface area contributed by atoms with E-state index >= 15 is 0 Å². The number of fused-ring (bicyclic) bond motifs is 1. The minimum atomic E-state index is -0.980. The average molecular weight is 350 g/mol. The highest BCUT2D eigenvalue weighted by atomic mass is 35.5. The van der Waals surface area contributed by atoms with E-state index in [2.05, 4.69) is 15.3 Å². The SMILES string of the molecule is Cl.O=C(O)c1ccc2c(NCc3ccccc3Cl)ncnc2c1. The predicted octanol–water partition coefficient (Wildman–Crippen LogP) is 4.02. The zero-order valence-corrected chi connectivity index (χ0v) is 13.4. The van der Waals surface area contributed by atoms with Gasteiger partial charge in [0.2, 0.25) is 0 Å². The first-order valence-electron chi connectivity index (χ1n) is 6.60. The number of carbonyl (C=O) groups is 1. The van der Waals surface area contributed by atoms with Crippen molar-refractivity contribution < 1.29 is 9.90 Å². The van der Waals surface area contributed by atoms with Crippen molar-refractivity contribution in [3.8, 4) is 0 Å². The Morgan fingerprint density at radius 1 is 1.17 bits per heavy atom. The minimum absolute atomic E-state index is 0. The first kappa shape index (κ1) is 17.0. The maximum Gasteiger partial charge on any atom is 0.335 e. The van der Waals surface area contributed by atoms with E-state index in [0.29, 0.717) is 22.9 Å². The molecule has 23 heavy (non-hydrogen) atoms. The minimum Gasteiger partial charge on any atom is -0.478 e. The van der Waals surface area contributed by atoms with Gasteiger partial charge in [-0.3, -0.25) is 0 Å². The third-order valence-corrected chi connectivity index (χ3v) is 3.66. The van der Waals surface area contributed by atoms with Crippen LogP contribution in [0.2, 0.25) is 5.02 Å². The van der Waals surface area contributed by atoms with Gasteiger partial charge in [-0.2, -0.15) is 0 Å². The topological polar surface area (TPSA) is 75.1 Å². The van der Waals surface area contributed by atoms with Crippen molar-refractivity contribution in [1.29, 1.82) is 0 Å². The number of hydrogen-bond donors (Lipinski definition) is 2. The molecule has 3 aromatic rings. The van der Waals surface area contributed by atoms with Crippen molar-refractivity contribution in [2.24, 2.45) is 0 Å².